The van der Waals surface area contributed by atoms with E-state index in [1.807, 2.05) is 6.92 Å². The molecule has 0 aliphatic carbocycles. The molecule has 3 rings (SSSR count). The van der Waals surface area contributed by atoms with E-state index in [0.29, 0.717) is 42.7 Å². The molecule has 26 heavy (non-hydrogen) atoms. The topological polar surface area (TPSA) is 18.5 Å². The minimum absolute atomic E-state index is 0.0488. The molecular formula is C21H23F3O2. The number of rotatable bonds is 5. The van der Waals surface area contributed by atoms with E-state index in [1.54, 1.807) is 19.1 Å². The van der Waals surface area contributed by atoms with Crippen LogP contribution in [0.1, 0.15) is 43.9 Å². The van der Waals surface area contributed by atoms with Crippen LogP contribution in [0.4, 0.5) is 13.2 Å². The van der Waals surface area contributed by atoms with E-state index in [9.17, 15) is 13.2 Å². The van der Waals surface area contributed by atoms with Gasteiger partial charge in [0, 0.05) is 17.7 Å². The number of ether oxygens (including phenoxy) is 2. The van der Waals surface area contributed by atoms with E-state index in [2.05, 4.69) is 0 Å². The standard InChI is InChI=1S/C21H23F3O2/c1-3-13-5-8-16(21(24)20(13)23)14-6-9-17(18(22)11-14)19-10-7-15(12-26-19)25-4-2/h5-6,8-9,11,15,19H,3-4,7,10,12H2,1-2H3. The third-order valence-corrected chi connectivity index (χ3v) is 4.84. The summed E-state index contributed by atoms with van der Waals surface area (Å²) in [6.07, 6.45) is 1.57. The highest BCUT2D eigenvalue weighted by molar-refractivity contribution is 5.65. The van der Waals surface area contributed by atoms with E-state index < -0.39 is 17.5 Å². The van der Waals surface area contributed by atoms with Crippen molar-refractivity contribution < 1.29 is 22.6 Å². The Balaban J connectivity index is 1.82. The molecule has 2 aromatic carbocycles. The number of aryl methyl sites for hydroxylation is 1. The lowest BCUT2D eigenvalue weighted by atomic mass is 9.96. The van der Waals surface area contributed by atoms with Gasteiger partial charge in [-0.15, -0.1) is 0 Å². The summed E-state index contributed by atoms with van der Waals surface area (Å²) in [5, 5.41) is 0. The molecule has 0 spiro atoms. The zero-order chi connectivity index (χ0) is 18.7. The Morgan fingerprint density at radius 2 is 1.85 bits per heavy atom. The van der Waals surface area contributed by atoms with Crippen LogP contribution < -0.4 is 0 Å². The second-order valence-electron chi connectivity index (χ2n) is 6.47. The molecule has 1 saturated heterocycles. The maximum atomic E-state index is 14.6. The van der Waals surface area contributed by atoms with Crippen LogP contribution in [-0.2, 0) is 15.9 Å². The summed E-state index contributed by atoms with van der Waals surface area (Å²) >= 11 is 0. The predicted molar refractivity (Wildman–Crippen MR) is 94.5 cm³/mol. The third-order valence-electron chi connectivity index (χ3n) is 4.84. The van der Waals surface area contributed by atoms with Gasteiger partial charge in [-0.05, 0) is 43.4 Å². The number of hydrogen-bond donors (Lipinski definition) is 0. The van der Waals surface area contributed by atoms with Gasteiger partial charge in [-0.3, -0.25) is 0 Å². The molecule has 0 N–H and O–H groups in total. The highest BCUT2D eigenvalue weighted by atomic mass is 19.2. The van der Waals surface area contributed by atoms with Crippen molar-refractivity contribution >= 4 is 0 Å². The summed E-state index contributed by atoms with van der Waals surface area (Å²) in [5.74, 6) is -2.28. The Labute approximate surface area is 151 Å². The first-order chi connectivity index (χ1) is 12.5. The van der Waals surface area contributed by atoms with E-state index in [0.717, 1.165) is 6.42 Å². The first-order valence-corrected chi connectivity index (χ1v) is 9.05. The van der Waals surface area contributed by atoms with Crippen molar-refractivity contribution in [2.75, 3.05) is 13.2 Å². The molecular weight excluding hydrogens is 341 g/mol. The van der Waals surface area contributed by atoms with Gasteiger partial charge in [-0.2, -0.15) is 0 Å². The van der Waals surface area contributed by atoms with Crippen molar-refractivity contribution in [3.05, 3.63) is 58.9 Å². The lowest BCUT2D eigenvalue weighted by Gasteiger charge is -2.29. The highest BCUT2D eigenvalue weighted by Gasteiger charge is 2.25. The van der Waals surface area contributed by atoms with Crippen LogP contribution in [0.3, 0.4) is 0 Å². The fraction of sp³-hybridized carbons (Fsp3) is 0.429. The number of benzene rings is 2. The maximum absolute atomic E-state index is 14.6. The fourth-order valence-corrected chi connectivity index (χ4v) is 3.38. The van der Waals surface area contributed by atoms with Crippen molar-refractivity contribution in [1.29, 1.82) is 0 Å². The Morgan fingerprint density at radius 1 is 1.04 bits per heavy atom. The third kappa shape index (κ3) is 3.79. The van der Waals surface area contributed by atoms with Crippen LogP contribution in [0.5, 0.6) is 0 Å². The minimum atomic E-state index is -0.940. The second kappa shape index (κ2) is 8.23. The van der Waals surface area contributed by atoms with Crippen LogP contribution in [0.2, 0.25) is 0 Å². The van der Waals surface area contributed by atoms with Gasteiger partial charge < -0.3 is 9.47 Å². The van der Waals surface area contributed by atoms with E-state index in [-0.39, 0.29) is 17.8 Å². The molecule has 0 saturated carbocycles. The van der Waals surface area contributed by atoms with E-state index in [1.165, 1.54) is 18.2 Å². The SMILES string of the molecule is CCOC1CCC(c2ccc(-c3ccc(CC)c(F)c3F)cc2F)OC1. The second-order valence-corrected chi connectivity index (χ2v) is 6.47. The largest absolute Gasteiger partial charge is 0.376 e. The van der Waals surface area contributed by atoms with Gasteiger partial charge in [0.2, 0.25) is 0 Å². The smallest absolute Gasteiger partial charge is 0.166 e. The molecule has 0 aromatic heterocycles. The Morgan fingerprint density at radius 3 is 2.46 bits per heavy atom. The fourth-order valence-electron chi connectivity index (χ4n) is 3.38. The van der Waals surface area contributed by atoms with Crippen LogP contribution >= 0.6 is 0 Å². The normalized spacial score (nSPS) is 20.3. The zero-order valence-corrected chi connectivity index (χ0v) is 15.0. The summed E-state index contributed by atoms with van der Waals surface area (Å²) in [5.41, 5.74) is 1.12. The first kappa shape index (κ1) is 18.9. The Hall–Kier alpha value is -1.85. The van der Waals surface area contributed by atoms with Crippen molar-refractivity contribution in [1.82, 2.24) is 0 Å². The quantitative estimate of drug-likeness (QED) is 0.688. The summed E-state index contributed by atoms with van der Waals surface area (Å²) in [6, 6.07) is 7.49. The van der Waals surface area contributed by atoms with Crippen LogP contribution in [0.25, 0.3) is 11.1 Å². The molecule has 5 heteroatoms. The van der Waals surface area contributed by atoms with Crippen molar-refractivity contribution in [2.24, 2.45) is 0 Å². The summed E-state index contributed by atoms with van der Waals surface area (Å²) in [6.45, 7) is 4.74. The van der Waals surface area contributed by atoms with Gasteiger partial charge >= 0.3 is 0 Å². The zero-order valence-electron chi connectivity index (χ0n) is 15.0. The maximum Gasteiger partial charge on any atom is 0.166 e. The molecule has 1 heterocycles. The molecule has 1 fully saturated rings. The molecule has 2 nitrogen and oxygen atoms in total. The summed E-state index contributed by atoms with van der Waals surface area (Å²) in [4.78, 5) is 0. The van der Waals surface area contributed by atoms with Gasteiger partial charge in [0.15, 0.2) is 11.6 Å². The van der Waals surface area contributed by atoms with E-state index >= 15 is 0 Å². The molecule has 2 aromatic rings. The molecule has 1 aliphatic rings. The molecule has 2 atom stereocenters. The van der Waals surface area contributed by atoms with Gasteiger partial charge in [0.05, 0.1) is 18.8 Å². The molecule has 0 amide bonds. The Kier molecular flexibility index (Phi) is 5.99. The highest BCUT2D eigenvalue weighted by Crippen LogP contribution is 2.34. The summed E-state index contributed by atoms with van der Waals surface area (Å²) < 4.78 is 54.2. The van der Waals surface area contributed by atoms with Crippen molar-refractivity contribution in [3.8, 4) is 11.1 Å². The van der Waals surface area contributed by atoms with Crippen molar-refractivity contribution in [3.63, 3.8) is 0 Å². The van der Waals surface area contributed by atoms with Crippen LogP contribution in [0.15, 0.2) is 30.3 Å². The predicted octanol–water partition coefficient (Wildman–Crippen LogP) is 5.59. The molecule has 2 unspecified atom stereocenters. The molecule has 0 radical (unpaired) electrons. The lowest BCUT2D eigenvalue weighted by Crippen LogP contribution is -2.27. The average Bonchev–Trinajstić information content (AvgIpc) is 2.65. The van der Waals surface area contributed by atoms with E-state index in [4.69, 9.17) is 9.47 Å². The van der Waals surface area contributed by atoms with Crippen LogP contribution in [-0.4, -0.2) is 19.3 Å². The molecule has 0 bridgehead atoms. The minimum Gasteiger partial charge on any atom is -0.376 e. The first-order valence-electron chi connectivity index (χ1n) is 9.05. The van der Waals surface area contributed by atoms with Crippen molar-refractivity contribution in [2.45, 2.75) is 45.3 Å². The van der Waals surface area contributed by atoms with Gasteiger partial charge in [0.1, 0.15) is 5.82 Å². The monoisotopic (exact) mass is 364 g/mol. The van der Waals surface area contributed by atoms with Gasteiger partial charge in [-0.25, -0.2) is 13.2 Å². The lowest BCUT2D eigenvalue weighted by molar-refractivity contribution is -0.0849. The Bertz CT molecular complexity index is 768. The average molecular weight is 364 g/mol. The van der Waals surface area contributed by atoms with Crippen LogP contribution in [0, 0.1) is 17.5 Å². The van der Waals surface area contributed by atoms with Gasteiger partial charge in [-0.1, -0.05) is 31.2 Å². The summed E-state index contributed by atoms with van der Waals surface area (Å²) in [7, 11) is 0. The van der Waals surface area contributed by atoms with Gasteiger partial charge in [0.25, 0.3) is 0 Å². The molecule has 140 valence electrons. The number of halogens is 3. The molecule has 1 aliphatic heterocycles. The number of hydrogen-bond acceptors (Lipinski definition) is 2.